The normalized spacial score (nSPS) is 22.1. The molecule has 1 unspecified atom stereocenters. The van der Waals surface area contributed by atoms with Crippen LogP contribution >= 0.6 is 0 Å². The Hall–Kier alpha value is -1.24. The van der Waals surface area contributed by atoms with Gasteiger partial charge in [0.25, 0.3) is 0 Å². The fraction of sp³-hybridized carbons (Fsp3) is 0.700. The minimum atomic E-state index is -3.83. The monoisotopic (exact) mass is 476 g/mol. The molecule has 0 saturated carbocycles. The molecule has 0 radical (unpaired) electrons. The topological polar surface area (TPSA) is 102 Å². The molecule has 2 heterocycles. The van der Waals surface area contributed by atoms with Gasteiger partial charge in [0.15, 0.2) is 9.84 Å². The molecule has 2 fully saturated rings. The van der Waals surface area contributed by atoms with E-state index in [-0.39, 0.29) is 22.9 Å². The first kappa shape index (κ1) is 24.4. The van der Waals surface area contributed by atoms with Crippen molar-refractivity contribution in [3.05, 3.63) is 24.3 Å². The molecular weight excluding hydrogens is 444 g/mol. The van der Waals surface area contributed by atoms with Gasteiger partial charge in [-0.2, -0.15) is 4.31 Å². The molecule has 0 bridgehead atoms. The average molecular weight is 477 g/mol. The van der Waals surface area contributed by atoms with E-state index in [0.717, 1.165) is 19.6 Å². The number of hydrogen-bond acceptors (Lipinski definition) is 8. The zero-order valence-electron chi connectivity index (χ0n) is 17.9. The Morgan fingerprint density at radius 2 is 1.87 bits per heavy atom. The summed E-state index contributed by atoms with van der Waals surface area (Å²) in [4.78, 5) is 2.38. The number of ether oxygens (including phenoxy) is 3. The number of sulfonamides is 1. The second-order valence-corrected chi connectivity index (χ2v) is 11.9. The van der Waals surface area contributed by atoms with Crippen LogP contribution in [0.2, 0.25) is 0 Å². The number of hydrogen-bond donors (Lipinski definition) is 0. The van der Waals surface area contributed by atoms with E-state index in [2.05, 4.69) is 4.90 Å². The Morgan fingerprint density at radius 3 is 2.48 bits per heavy atom. The molecular formula is C20H32N2O7S2. The molecule has 3 rings (SSSR count). The van der Waals surface area contributed by atoms with Gasteiger partial charge in [-0.05, 0) is 43.7 Å². The van der Waals surface area contributed by atoms with Crippen molar-refractivity contribution in [3.63, 3.8) is 0 Å². The van der Waals surface area contributed by atoms with Crippen molar-refractivity contribution < 1.29 is 31.0 Å². The lowest BCUT2D eigenvalue weighted by atomic mass is 10.2. The summed E-state index contributed by atoms with van der Waals surface area (Å²) in [6.07, 6.45) is 0.964. The van der Waals surface area contributed by atoms with Gasteiger partial charge in [0, 0.05) is 32.8 Å². The highest BCUT2D eigenvalue weighted by atomic mass is 32.2. The summed E-state index contributed by atoms with van der Waals surface area (Å²) in [6, 6.07) is 5.71. The summed E-state index contributed by atoms with van der Waals surface area (Å²) >= 11 is 0. The van der Waals surface area contributed by atoms with Crippen LogP contribution in [-0.4, -0.2) is 103 Å². The van der Waals surface area contributed by atoms with E-state index in [1.54, 1.807) is 19.2 Å². The lowest BCUT2D eigenvalue weighted by Gasteiger charge is -2.30. The fourth-order valence-corrected chi connectivity index (χ4v) is 7.38. The van der Waals surface area contributed by atoms with Crippen molar-refractivity contribution in [1.29, 1.82) is 0 Å². The van der Waals surface area contributed by atoms with Gasteiger partial charge in [-0.1, -0.05) is 0 Å². The molecule has 176 valence electrons. The summed E-state index contributed by atoms with van der Waals surface area (Å²) < 4.78 is 68.1. The summed E-state index contributed by atoms with van der Waals surface area (Å²) in [7, 11) is -5.47. The van der Waals surface area contributed by atoms with Gasteiger partial charge >= 0.3 is 0 Å². The predicted octanol–water partition coefficient (Wildman–Crippen LogP) is 0.612. The van der Waals surface area contributed by atoms with Crippen LogP contribution < -0.4 is 4.74 Å². The Bertz CT molecular complexity index is 898. The van der Waals surface area contributed by atoms with E-state index in [0.29, 0.717) is 45.0 Å². The van der Waals surface area contributed by atoms with Gasteiger partial charge in [0.2, 0.25) is 10.0 Å². The summed E-state index contributed by atoms with van der Waals surface area (Å²) in [5, 5.41) is 0. The second-order valence-electron chi connectivity index (χ2n) is 7.79. The van der Waals surface area contributed by atoms with Crippen LogP contribution in [0.25, 0.3) is 0 Å². The number of benzene rings is 1. The van der Waals surface area contributed by atoms with Crippen LogP contribution in [0.4, 0.5) is 0 Å². The molecule has 0 aromatic heterocycles. The first-order chi connectivity index (χ1) is 14.8. The van der Waals surface area contributed by atoms with E-state index in [4.69, 9.17) is 14.2 Å². The maximum absolute atomic E-state index is 13.4. The van der Waals surface area contributed by atoms with Crippen molar-refractivity contribution in [1.82, 2.24) is 9.21 Å². The van der Waals surface area contributed by atoms with Crippen LogP contribution in [-0.2, 0) is 29.3 Å². The minimum Gasteiger partial charge on any atom is -0.491 e. The van der Waals surface area contributed by atoms with Crippen LogP contribution in [0.3, 0.4) is 0 Å². The first-order valence-corrected chi connectivity index (χ1v) is 13.8. The second kappa shape index (κ2) is 11.1. The Labute approximate surface area is 185 Å². The molecule has 1 aromatic carbocycles. The maximum Gasteiger partial charge on any atom is 0.243 e. The molecule has 2 aliphatic heterocycles. The van der Waals surface area contributed by atoms with E-state index < -0.39 is 25.9 Å². The number of rotatable bonds is 11. The molecule has 0 spiro atoms. The summed E-state index contributed by atoms with van der Waals surface area (Å²) in [6.45, 7) is 4.87. The smallest absolute Gasteiger partial charge is 0.243 e. The van der Waals surface area contributed by atoms with E-state index in [9.17, 15) is 16.8 Å². The standard InChI is InChI=1S/C20H32N2O7S2/c1-27-14-15-29-19-3-5-20(6-4-19)31(25,26)22(18-7-16-30(23,24)17-18)9-2-8-21-10-12-28-13-11-21/h3-6,18H,2,7-17H2,1H3. The third-order valence-electron chi connectivity index (χ3n) is 5.56. The van der Waals surface area contributed by atoms with E-state index in [1.165, 1.54) is 16.4 Å². The molecule has 31 heavy (non-hydrogen) atoms. The van der Waals surface area contributed by atoms with E-state index >= 15 is 0 Å². The largest absolute Gasteiger partial charge is 0.491 e. The molecule has 0 amide bonds. The van der Waals surface area contributed by atoms with Crippen LogP contribution in [0.15, 0.2) is 29.2 Å². The minimum absolute atomic E-state index is 0.0272. The molecule has 11 heteroatoms. The Balaban J connectivity index is 1.71. The summed E-state index contributed by atoms with van der Waals surface area (Å²) in [5.74, 6) is 0.458. The first-order valence-electron chi connectivity index (χ1n) is 10.6. The highest BCUT2D eigenvalue weighted by Crippen LogP contribution is 2.26. The van der Waals surface area contributed by atoms with E-state index in [1.807, 2.05) is 0 Å². The number of methoxy groups -OCH3 is 1. The third kappa shape index (κ3) is 6.87. The van der Waals surface area contributed by atoms with Gasteiger partial charge in [-0.15, -0.1) is 0 Å². The predicted molar refractivity (Wildman–Crippen MR) is 117 cm³/mol. The average Bonchev–Trinajstić information content (AvgIpc) is 3.11. The molecule has 1 aromatic rings. The van der Waals surface area contributed by atoms with Crippen molar-refractivity contribution in [2.24, 2.45) is 0 Å². The zero-order valence-corrected chi connectivity index (χ0v) is 19.6. The van der Waals surface area contributed by atoms with Crippen LogP contribution in [0.5, 0.6) is 5.75 Å². The van der Waals surface area contributed by atoms with Crippen molar-refractivity contribution in [2.45, 2.75) is 23.8 Å². The van der Waals surface area contributed by atoms with Crippen LogP contribution in [0, 0.1) is 0 Å². The molecule has 9 nitrogen and oxygen atoms in total. The number of nitrogens with zero attached hydrogens (tertiary/aromatic N) is 2. The molecule has 1 atom stereocenters. The van der Waals surface area contributed by atoms with Gasteiger partial charge in [-0.25, -0.2) is 16.8 Å². The Kier molecular flexibility index (Phi) is 8.71. The van der Waals surface area contributed by atoms with Crippen molar-refractivity contribution in [2.75, 3.05) is 71.2 Å². The molecule has 2 aliphatic rings. The molecule has 0 aliphatic carbocycles. The Morgan fingerprint density at radius 1 is 1.16 bits per heavy atom. The lowest BCUT2D eigenvalue weighted by Crippen LogP contribution is -2.43. The van der Waals surface area contributed by atoms with Gasteiger partial charge in [0.05, 0.1) is 36.2 Å². The van der Waals surface area contributed by atoms with Gasteiger partial charge < -0.3 is 14.2 Å². The molecule has 2 saturated heterocycles. The highest BCUT2D eigenvalue weighted by Gasteiger charge is 2.38. The third-order valence-corrected chi connectivity index (χ3v) is 9.28. The SMILES string of the molecule is COCCOc1ccc(S(=O)(=O)N(CCCN2CCOCC2)C2CCS(=O)(=O)C2)cc1. The quantitative estimate of drug-likeness (QED) is 0.428. The maximum atomic E-state index is 13.4. The molecule has 0 N–H and O–H groups in total. The highest BCUT2D eigenvalue weighted by molar-refractivity contribution is 7.92. The van der Waals surface area contributed by atoms with Crippen molar-refractivity contribution >= 4 is 19.9 Å². The lowest BCUT2D eigenvalue weighted by molar-refractivity contribution is 0.0367. The summed E-state index contributed by atoms with van der Waals surface area (Å²) in [5.41, 5.74) is 0. The van der Waals surface area contributed by atoms with Gasteiger partial charge in [0.1, 0.15) is 12.4 Å². The number of morpholine rings is 1. The fourth-order valence-electron chi connectivity index (χ4n) is 3.86. The zero-order chi connectivity index (χ0) is 22.3. The van der Waals surface area contributed by atoms with Crippen molar-refractivity contribution in [3.8, 4) is 5.75 Å². The van der Waals surface area contributed by atoms with Crippen LogP contribution in [0.1, 0.15) is 12.8 Å². The van der Waals surface area contributed by atoms with Gasteiger partial charge in [-0.3, -0.25) is 4.90 Å². The number of sulfone groups is 1.